The van der Waals surface area contributed by atoms with Gasteiger partial charge < -0.3 is 4.74 Å². The van der Waals surface area contributed by atoms with Crippen LogP contribution in [0, 0.1) is 22.7 Å². The number of ether oxygens (including phenoxy) is 1. The van der Waals surface area contributed by atoms with Crippen molar-refractivity contribution in [2.75, 3.05) is 6.54 Å². The molecular formula is C15H27NO2. The number of hydrogen-bond donors (Lipinski definition) is 0. The third-order valence-electron chi connectivity index (χ3n) is 5.07. The van der Waals surface area contributed by atoms with E-state index in [1.54, 1.807) is 0 Å². The van der Waals surface area contributed by atoms with Gasteiger partial charge in [0.15, 0.2) is 0 Å². The van der Waals surface area contributed by atoms with E-state index in [4.69, 9.17) is 4.74 Å². The summed E-state index contributed by atoms with van der Waals surface area (Å²) in [5, 5.41) is 3.14. The molecule has 3 nitrogen and oxygen atoms in total. The summed E-state index contributed by atoms with van der Waals surface area (Å²) in [5.74, 6) is 1.80. The molecule has 2 bridgehead atoms. The van der Waals surface area contributed by atoms with Crippen LogP contribution in [0.25, 0.3) is 0 Å². The van der Waals surface area contributed by atoms with Gasteiger partial charge in [0, 0.05) is 5.92 Å². The van der Waals surface area contributed by atoms with Gasteiger partial charge >= 0.3 is 0 Å². The summed E-state index contributed by atoms with van der Waals surface area (Å²) in [5.41, 5.74) is -0.0180. The first-order valence-electron chi connectivity index (χ1n) is 7.50. The first-order chi connectivity index (χ1) is 8.53. The number of hydrogen-bond acceptors (Lipinski definition) is 3. The lowest BCUT2D eigenvalue weighted by Gasteiger charge is -2.27. The molecule has 0 aromatic heterocycles. The molecular weight excluding hydrogens is 226 g/mol. The first kappa shape index (κ1) is 14.0. The fourth-order valence-corrected chi connectivity index (χ4v) is 3.70. The molecule has 0 aromatic carbocycles. The Labute approximate surface area is 111 Å². The van der Waals surface area contributed by atoms with E-state index in [1.165, 1.54) is 25.7 Å². The van der Waals surface area contributed by atoms with Crippen LogP contribution in [0.2, 0.25) is 0 Å². The monoisotopic (exact) mass is 253 g/mol. The van der Waals surface area contributed by atoms with Gasteiger partial charge in [-0.25, -0.2) is 0 Å². The molecule has 4 atom stereocenters. The van der Waals surface area contributed by atoms with E-state index in [0.717, 1.165) is 18.8 Å². The molecule has 1 heterocycles. The van der Waals surface area contributed by atoms with Crippen molar-refractivity contribution in [1.82, 2.24) is 0 Å². The van der Waals surface area contributed by atoms with Gasteiger partial charge in [0.25, 0.3) is 0 Å². The highest BCUT2D eigenvalue weighted by atomic mass is 16.5. The number of nitroso groups, excluding NO2 is 1. The van der Waals surface area contributed by atoms with E-state index < -0.39 is 0 Å². The maximum atomic E-state index is 10.6. The molecule has 2 aliphatic rings. The molecule has 0 radical (unpaired) electrons. The minimum absolute atomic E-state index is 0.0180. The molecule has 1 saturated carbocycles. The molecule has 0 spiro atoms. The fraction of sp³-hybridized carbons (Fsp3) is 1.00. The van der Waals surface area contributed by atoms with Gasteiger partial charge in [0.05, 0.1) is 18.2 Å². The van der Waals surface area contributed by atoms with Crippen LogP contribution in [0.4, 0.5) is 0 Å². The lowest BCUT2D eigenvalue weighted by atomic mass is 9.80. The Balaban J connectivity index is 2.10. The average Bonchev–Trinajstić information content (AvgIpc) is 2.60. The van der Waals surface area contributed by atoms with Crippen LogP contribution in [0.5, 0.6) is 0 Å². The summed E-state index contributed by atoms with van der Waals surface area (Å²) in [4.78, 5) is 10.6. The van der Waals surface area contributed by atoms with E-state index in [9.17, 15) is 4.91 Å². The Bertz CT molecular complexity index is 290. The highest BCUT2D eigenvalue weighted by Gasteiger charge is 2.44. The molecule has 0 N–H and O–H groups in total. The van der Waals surface area contributed by atoms with Crippen LogP contribution in [-0.2, 0) is 4.74 Å². The Morgan fingerprint density at radius 2 is 2.00 bits per heavy atom. The van der Waals surface area contributed by atoms with Gasteiger partial charge in [-0.15, -0.1) is 0 Å². The van der Waals surface area contributed by atoms with Crippen molar-refractivity contribution < 1.29 is 4.74 Å². The summed E-state index contributed by atoms with van der Waals surface area (Å²) >= 11 is 0. The standard InChI is InChI=1S/C15H27NO2/c1-11-5-4-6-12(10-16-17)14-9-13(8-7-11)15(2,3)18-14/h11-14H,4-10H2,1-3H3/t11?,12?,13?,14-/m0/s1. The summed E-state index contributed by atoms with van der Waals surface area (Å²) in [6.07, 6.45) is 7.58. The van der Waals surface area contributed by atoms with Gasteiger partial charge in [-0.2, -0.15) is 4.91 Å². The van der Waals surface area contributed by atoms with Crippen molar-refractivity contribution in [2.45, 2.75) is 71.0 Å². The zero-order valence-corrected chi connectivity index (χ0v) is 12.0. The molecule has 1 saturated heterocycles. The van der Waals surface area contributed by atoms with E-state index in [1.807, 2.05) is 0 Å². The SMILES string of the molecule is CC1CCCC(CN=O)[C@@H]2CC(CC1)C(C)(C)O2. The van der Waals surface area contributed by atoms with Crippen molar-refractivity contribution >= 4 is 0 Å². The van der Waals surface area contributed by atoms with E-state index >= 15 is 0 Å². The molecule has 0 amide bonds. The fourth-order valence-electron chi connectivity index (χ4n) is 3.70. The molecule has 18 heavy (non-hydrogen) atoms. The predicted molar refractivity (Wildman–Crippen MR) is 73.5 cm³/mol. The van der Waals surface area contributed by atoms with Gasteiger partial charge in [0.1, 0.15) is 0 Å². The van der Waals surface area contributed by atoms with Crippen LogP contribution < -0.4 is 0 Å². The second-order valence-electron chi connectivity index (χ2n) is 6.88. The van der Waals surface area contributed by atoms with Gasteiger partial charge in [-0.1, -0.05) is 31.4 Å². The zero-order valence-electron chi connectivity index (χ0n) is 12.0. The topological polar surface area (TPSA) is 38.7 Å². The quantitative estimate of drug-likeness (QED) is 0.693. The van der Waals surface area contributed by atoms with Crippen molar-refractivity contribution in [3.63, 3.8) is 0 Å². The van der Waals surface area contributed by atoms with Crippen molar-refractivity contribution in [2.24, 2.45) is 22.9 Å². The first-order valence-corrected chi connectivity index (χ1v) is 7.50. The zero-order chi connectivity index (χ0) is 13.2. The molecule has 2 rings (SSSR count). The Morgan fingerprint density at radius 1 is 1.22 bits per heavy atom. The molecule has 2 fully saturated rings. The number of fused-ring (bicyclic) bond motifs is 2. The highest BCUT2D eigenvalue weighted by molar-refractivity contribution is 4.93. The molecule has 0 aromatic rings. The van der Waals surface area contributed by atoms with Crippen LogP contribution in [0.1, 0.15) is 59.3 Å². The smallest absolute Gasteiger partial charge is 0.0864 e. The Kier molecular flexibility index (Phi) is 4.41. The second kappa shape index (κ2) is 5.68. The van der Waals surface area contributed by atoms with Crippen LogP contribution in [0.3, 0.4) is 0 Å². The number of nitrogens with zero attached hydrogens (tertiary/aromatic N) is 1. The molecule has 1 aliphatic carbocycles. The minimum atomic E-state index is -0.0180. The van der Waals surface area contributed by atoms with E-state index in [0.29, 0.717) is 18.4 Å². The lowest BCUT2D eigenvalue weighted by molar-refractivity contribution is -0.0532. The molecule has 1 aliphatic heterocycles. The third-order valence-corrected chi connectivity index (χ3v) is 5.07. The van der Waals surface area contributed by atoms with E-state index in [2.05, 4.69) is 25.9 Å². The van der Waals surface area contributed by atoms with Crippen LogP contribution >= 0.6 is 0 Å². The molecule has 104 valence electrons. The largest absolute Gasteiger partial charge is 0.372 e. The van der Waals surface area contributed by atoms with Gasteiger partial charge in [0.2, 0.25) is 0 Å². The highest BCUT2D eigenvalue weighted by Crippen LogP contribution is 2.43. The lowest BCUT2D eigenvalue weighted by Crippen LogP contribution is -2.29. The van der Waals surface area contributed by atoms with Crippen LogP contribution in [-0.4, -0.2) is 18.2 Å². The predicted octanol–water partition coefficient (Wildman–Crippen LogP) is 4.15. The maximum absolute atomic E-state index is 10.6. The normalized spacial score (nSPS) is 40.4. The third kappa shape index (κ3) is 3.11. The van der Waals surface area contributed by atoms with Gasteiger partial charge in [-0.3, -0.25) is 0 Å². The molecule has 3 heteroatoms. The van der Waals surface area contributed by atoms with E-state index in [-0.39, 0.29) is 11.7 Å². The summed E-state index contributed by atoms with van der Waals surface area (Å²) < 4.78 is 6.25. The Morgan fingerprint density at radius 3 is 2.72 bits per heavy atom. The number of rotatable bonds is 2. The summed E-state index contributed by atoms with van der Waals surface area (Å²) in [7, 11) is 0. The maximum Gasteiger partial charge on any atom is 0.0864 e. The molecule has 3 unspecified atom stereocenters. The second-order valence-corrected chi connectivity index (χ2v) is 6.88. The minimum Gasteiger partial charge on any atom is -0.372 e. The van der Waals surface area contributed by atoms with Gasteiger partial charge in [-0.05, 0) is 44.9 Å². The average molecular weight is 253 g/mol. The summed E-state index contributed by atoms with van der Waals surface area (Å²) in [6, 6.07) is 0. The van der Waals surface area contributed by atoms with Crippen molar-refractivity contribution in [3.05, 3.63) is 4.91 Å². The summed E-state index contributed by atoms with van der Waals surface area (Å²) in [6.45, 7) is 7.22. The Hall–Kier alpha value is -0.440. The van der Waals surface area contributed by atoms with Crippen LogP contribution in [0.15, 0.2) is 5.18 Å². The van der Waals surface area contributed by atoms with Crippen molar-refractivity contribution in [3.8, 4) is 0 Å². The van der Waals surface area contributed by atoms with Crippen molar-refractivity contribution in [1.29, 1.82) is 0 Å².